The number of hydrogen-bond donors (Lipinski definition) is 2. The highest BCUT2D eigenvalue weighted by atomic mass is 16.5. The Labute approximate surface area is 139 Å². The molecule has 5 nitrogen and oxygen atoms in total. The highest BCUT2D eigenvalue weighted by Crippen LogP contribution is 2.33. The number of carboxylic acids is 1. The molecular formula is C19H16N2O3. The van der Waals surface area contributed by atoms with E-state index in [0.717, 1.165) is 5.56 Å². The number of hydrogen-bond acceptors (Lipinski definition) is 4. The second-order valence-electron chi connectivity index (χ2n) is 5.23. The van der Waals surface area contributed by atoms with Gasteiger partial charge in [0.25, 0.3) is 0 Å². The van der Waals surface area contributed by atoms with Gasteiger partial charge in [0.2, 0.25) is 0 Å². The van der Waals surface area contributed by atoms with E-state index in [-0.39, 0.29) is 11.4 Å². The van der Waals surface area contributed by atoms with E-state index in [4.69, 9.17) is 10.5 Å². The minimum Gasteiger partial charge on any atom is -0.488 e. The van der Waals surface area contributed by atoms with Gasteiger partial charge in [-0.25, -0.2) is 9.78 Å². The first kappa shape index (κ1) is 15.6. The second kappa shape index (κ2) is 6.83. The Kier molecular flexibility index (Phi) is 4.43. The lowest BCUT2D eigenvalue weighted by Gasteiger charge is -2.13. The lowest BCUT2D eigenvalue weighted by atomic mass is 10.0. The summed E-state index contributed by atoms with van der Waals surface area (Å²) < 4.78 is 5.89. The van der Waals surface area contributed by atoms with Crippen LogP contribution in [0, 0.1) is 0 Å². The van der Waals surface area contributed by atoms with E-state index < -0.39 is 5.97 Å². The van der Waals surface area contributed by atoms with Crippen molar-refractivity contribution in [3.8, 4) is 16.9 Å². The van der Waals surface area contributed by atoms with Crippen molar-refractivity contribution in [1.82, 2.24) is 4.98 Å². The van der Waals surface area contributed by atoms with E-state index in [2.05, 4.69) is 4.98 Å². The van der Waals surface area contributed by atoms with Crippen molar-refractivity contribution in [2.75, 3.05) is 5.73 Å². The molecule has 0 unspecified atom stereocenters. The maximum absolute atomic E-state index is 11.5. The van der Waals surface area contributed by atoms with Crippen molar-refractivity contribution in [2.45, 2.75) is 6.61 Å². The summed E-state index contributed by atoms with van der Waals surface area (Å²) in [5.74, 6) is -0.300. The van der Waals surface area contributed by atoms with E-state index in [1.54, 1.807) is 12.1 Å². The first-order valence-corrected chi connectivity index (χ1v) is 7.40. The van der Waals surface area contributed by atoms with Crippen LogP contribution in [0.3, 0.4) is 0 Å². The van der Waals surface area contributed by atoms with Gasteiger partial charge in [-0.3, -0.25) is 0 Å². The molecule has 120 valence electrons. The molecule has 0 aliphatic heterocycles. The van der Waals surface area contributed by atoms with Crippen LogP contribution in [0.5, 0.6) is 5.75 Å². The fourth-order valence-electron chi connectivity index (χ4n) is 2.41. The van der Waals surface area contributed by atoms with Crippen LogP contribution in [-0.2, 0) is 6.61 Å². The van der Waals surface area contributed by atoms with Gasteiger partial charge in [-0.2, -0.15) is 0 Å². The van der Waals surface area contributed by atoms with Crippen LogP contribution in [0.1, 0.15) is 15.9 Å². The van der Waals surface area contributed by atoms with Gasteiger partial charge in [-0.05, 0) is 17.7 Å². The second-order valence-corrected chi connectivity index (χ2v) is 5.23. The van der Waals surface area contributed by atoms with Crippen LogP contribution in [0.4, 0.5) is 5.82 Å². The molecule has 3 aromatic rings. The van der Waals surface area contributed by atoms with Gasteiger partial charge in [0.1, 0.15) is 18.2 Å². The van der Waals surface area contributed by atoms with E-state index in [9.17, 15) is 9.90 Å². The summed E-state index contributed by atoms with van der Waals surface area (Å²) in [6, 6.07) is 18.4. The highest BCUT2D eigenvalue weighted by molar-refractivity contribution is 5.97. The summed E-state index contributed by atoms with van der Waals surface area (Å²) in [5, 5.41) is 9.43. The smallest absolute Gasteiger partial charge is 0.336 e. The molecule has 0 fully saturated rings. The molecule has 0 bridgehead atoms. The Morgan fingerprint density at radius 1 is 1.04 bits per heavy atom. The normalized spacial score (nSPS) is 10.3. The Morgan fingerprint density at radius 3 is 2.50 bits per heavy atom. The average molecular weight is 320 g/mol. The zero-order valence-electron chi connectivity index (χ0n) is 12.8. The molecule has 0 atom stereocenters. The number of benzene rings is 2. The number of carbonyl (C=O) groups is 1. The molecule has 0 saturated carbocycles. The van der Waals surface area contributed by atoms with E-state index in [1.807, 2.05) is 42.5 Å². The van der Waals surface area contributed by atoms with Gasteiger partial charge >= 0.3 is 5.97 Å². The number of aromatic nitrogens is 1. The first-order valence-electron chi connectivity index (χ1n) is 7.40. The quantitative estimate of drug-likeness (QED) is 0.750. The van der Waals surface area contributed by atoms with Crippen molar-refractivity contribution in [1.29, 1.82) is 0 Å². The molecule has 1 heterocycles. The molecule has 3 N–H and O–H groups in total. The highest BCUT2D eigenvalue weighted by Gasteiger charge is 2.16. The van der Waals surface area contributed by atoms with Crippen LogP contribution in [0.2, 0.25) is 0 Å². The molecule has 0 aliphatic rings. The van der Waals surface area contributed by atoms with Crippen LogP contribution >= 0.6 is 0 Å². The predicted octanol–water partition coefficient (Wildman–Crippen LogP) is 3.61. The number of nitrogens with zero attached hydrogens (tertiary/aromatic N) is 1. The van der Waals surface area contributed by atoms with Gasteiger partial charge < -0.3 is 15.6 Å². The van der Waals surface area contributed by atoms with E-state index in [0.29, 0.717) is 23.5 Å². The van der Waals surface area contributed by atoms with E-state index in [1.165, 1.54) is 12.3 Å². The van der Waals surface area contributed by atoms with Crippen LogP contribution in [0.15, 0.2) is 66.9 Å². The predicted molar refractivity (Wildman–Crippen MR) is 91.8 cm³/mol. The monoisotopic (exact) mass is 320 g/mol. The van der Waals surface area contributed by atoms with Gasteiger partial charge in [0.05, 0.1) is 5.56 Å². The molecule has 0 spiro atoms. The molecule has 2 aromatic carbocycles. The minimum atomic E-state index is -1.06. The SMILES string of the molecule is Nc1cc(C(=O)O)c(-c2ccccc2OCc2ccccc2)cn1. The number of pyridine rings is 1. The molecule has 1 aromatic heterocycles. The van der Waals surface area contributed by atoms with Crippen molar-refractivity contribution in [3.05, 3.63) is 78.0 Å². The Balaban J connectivity index is 1.97. The van der Waals surface area contributed by atoms with Gasteiger partial charge in [0, 0.05) is 17.3 Å². The molecular weight excluding hydrogens is 304 g/mol. The number of ether oxygens (including phenoxy) is 1. The third kappa shape index (κ3) is 3.35. The van der Waals surface area contributed by atoms with Crippen molar-refractivity contribution in [2.24, 2.45) is 0 Å². The summed E-state index contributed by atoms with van der Waals surface area (Å²) in [5.41, 5.74) is 7.87. The number of nitrogens with two attached hydrogens (primary N) is 1. The number of anilines is 1. The molecule has 0 radical (unpaired) electrons. The fourth-order valence-corrected chi connectivity index (χ4v) is 2.41. The van der Waals surface area contributed by atoms with Gasteiger partial charge in [-0.15, -0.1) is 0 Å². The zero-order valence-corrected chi connectivity index (χ0v) is 12.8. The first-order chi connectivity index (χ1) is 11.6. The zero-order chi connectivity index (χ0) is 16.9. The van der Waals surface area contributed by atoms with Crippen molar-refractivity contribution >= 4 is 11.8 Å². The minimum absolute atomic E-state index is 0.0956. The average Bonchev–Trinajstić information content (AvgIpc) is 2.61. The van der Waals surface area contributed by atoms with Gasteiger partial charge in [0.15, 0.2) is 0 Å². The standard InChI is InChI=1S/C19H16N2O3/c20-18-10-15(19(22)23)16(11-21-18)14-8-4-5-9-17(14)24-12-13-6-2-1-3-7-13/h1-11H,12H2,(H2,20,21)(H,22,23). The lowest BCUT2D eigenvalue weighted by Crippen LogP contribution is -2.04. The van der Waals surface area contributed by atoms with Crippen LogP contribution in [-0.4, -0.2) is 16.1 Å². The third-order valence-corrected chi connectivity index (χ3v) is 3.57. The number of aromatic carboxylic acids is 1. The molecule has 0 amide bonds. The van der Waals surface area contributed by atoms with E-state index >= 15 is 0 Å². The maximum atomic E-state index is 11.5. The lowest BCUT2D eigenvalue weighted by molar-refractivity contribution is 0.0697. The molecule has 5 heteroatoms. The summed E-state index contributed by atoms with van der Waals surface area (Å²) in [7, 11) is 0. The molecule has 0 saturated heterocycles. The van der Waals surface area contributed by atoms with Crippen molar-refractivity contribution < 1.29 is 14.6 Å². The fraction of sp³-hybridized carbons (Fsp3) is 0.0526. The Bertz CT molecular complexity index is 863. The summed E-state index contributed by atoms with van der Waals surface area (Å²) >= 11 is 0. The summed E-state index contributed by atoms with van der Waals surface area (Å²) in [4.78, 5) is 15.5. The van der Waals surface area contributed by atoms with Crippen molar-refractivity contribution in [3.63, 3.8) is 0 Å². The molecule has 0 aliphatic carbocycles. The van der Waals surface area contributed by atoms with Gasteiger partial charge in [-0.1, -0.05) is 48.5 Å². The number of carboxylic acid groups (broad SMARTS) is 1. The summed E-state index contributed by atoms with van der Waals surface area (Å²) in [6.07, 6.45) is 1.46. The third-order valence-electron chi connectivity index (χ3n) is 3.57. The number of nitrogen functional groups attached to an aromatic ring is 1. The number of rotatable bonds is 5. The van der Waals surface area contributed by atoms with Crippen LogP contribution in [0.25, 0.3) is 11.1 Å². The topological polar surface area (TPSA) is 85.4 Å². The Morgan fingerprint density at radius 2 is 1.75 bits per heavy atom. The molecule has 3 rings (SSSR count). The van der Waals surface area contributed by atoms with Crippen LogP contribution < -0.4 is 10.5 Å². The maximum Gasteiger partial charge on any atom is 0.336 e. The largest absolute Gasteiger partial charge is 0.488 e. The Hall–Kier alpha value is -3.34. The molecule has 24 heavy (non-hydrogen) atoms. The summed E-state index contributed by atoms with van der Waals surface area (Å²) in [6.45, 7) is 0.392. The number of para-hydroxylation sites is 1.